The minimum Gasteiger partial charge on any atom is -0.299 e. The maximum atomic E-state index is 11.4. The average molecular weight is 153 g/mol. The van der Waals surface area contributed by atoms with E-state index in [0.717, 1.165) is 6.42 Å². The fraction of sp³-hybridized carbons (Fsp3) is 0.889. The maximum Gasteiger partial charge on any atom is 0.138 e. The molecule has 0 saturated carbocycles. The summed E-state index contributed by atoms with van der Waals surface area (Å²) in [7, 11) is 2.16. The predicted molar refractivity (Wildman–Crippen MR) is 43.4 cm³/mol. The number of Topliss-reactive ketones (excluding diaryl/α,β-unsaturated/α-hetero) is 1. The molecule has 2 heterocycles. The molecule has 3 atom stereocenters. The van der Waals surface area contributed by atoms with Gasteiger partial charge in [-0.2, -0.15) is 0 Å². The molecule has 2 aliphatic heterocycles. The van der Waals surface area contributed by atoms with Crippen molar-refractivity contribution in [3.8, 4) is 0 Å². The van der Waals surface area contributed by atoms with E-state index < -0.39 is 0 Å². The number of piperidine rings is 1. The molecule has 0 aromatic rings. The highest BCUT2D eigenvalue weighted by molar-refractivity contribution is 5.83. The summed E-state index contributed by atoms with van der Waals surface area (Å²) in [5, 5.41) is 0. The fourth-order valence-electron chi connectivity index (χ4n) is 2.52. The van der Waals surface area contributed by atoms with Crippen molar-refractivity contribution >= 4 is 5.78 Å². The van der Waals surface area contributed by atoms with E-state index in [1.165, 1.54) is 12.8 Å². The number of rotatable bonds is 0. The summed E-state index contributed by atoms with van der Waals surface area (Å²) in [4.78, 5) is 13.8. The summed E-state index contributed by atoms with van der Waals surface area (Å²) >= 11 is 0. The summed E-state index contributed by atoms with van der Waals surface area (Å²) in [6.07, 6.45) is 3.26. The second-order valence-electron chi connectivity index (χ2n) is 3.92. The van der Waals surface area contributed by atoms with Crippen LogP contribution in [-0.4, -0.2) is 29.8 Å². The van der Waals surface area contributed by atoms with Gasteiger partial charge < -0.3 is 0 Å². The molecule has 0 N–H and O–H groups in total. The number of carbonyl (C=O) groups excluding carboxylic acids is 1. The zero-order chi connectivity index (χ0) is 8.01. The highest BCUT2D eigenvalue weighted by Crippen LogP contribution is 2.35. The van der Waals surface area contributed by atoms with Crippen LogP contribution in [0.25, 0.3) is 0 Å². The number of fused-ring (bicyclic) bond motifs is 2. The minimum absolute atomic E-state index is 0.291. The molecular weight excluding hydrogens is 138 g/mol. The predicted octanol–water partition coefficient (Wildman–Crippen LogP) is 1.06. The molecule has 0 aromatic carbocycles. The number of hydrogen-bond donors (Lipinski definition) is 0. The van der Waals surface area contributed by atoms with E-state index in [-0.39, 0.29) is 0 Å². The van der Waals surface area contributed by atoms with Crippen LogP contribution in [0.2, 0.25) is 0 Å². The van der Waals surface area contributed by atoms with Gasteiger partial charge in [-0.3, -0.25) is 9.69 Å². The van der Waals surface area contributed by atoms with Crippen LogP contribution in [-0.2, 0) is 4.79 Å². The molecule has 2 fully saturated rings. The molecule has 0 aromatic heterocycles. The zero-order valence-electron chi connectivity index (χ0n) is 7.21. The van der Waals surface area contributed by atoms with Crippen LogP contribution in [0.3, 0.4) is 0 Å². The smallest absolute Gasteiger partial charge is 0.138 e. The fourth-order valence-corrected chi connectivity index (χ4v) is 2.52. The molecule has 0 amide bonds. The van der Waals surface area contributed by atoms with Gasteiger partial charge in [-0.25, -0.2) is 0 Å². The van der Waals surface area contributed by atoms with Gasteiger partial charge in [0.2, 0.25) is 0 Å². The lowest BCUT2D eigenvalue weighted by Gasteiger charge is -2.34. The second kappa shape index (κ2) is 2.31. The SMILES string of the molecule is CC1C(=O)C[C@H]2CCC1N2C. The van der Waals surface area contributed by atoms with Crippen molar-refractivity contribution in [1.82, 2.24) is 4.90 Å². The first-order valence-electron chi connectivity index (χ1n) is 4.45. The molecule has 11 heavy (non-hydrogen) atoms. The first-order chi connectivity index (χ1) is 5.20. The summed E-state index contributed by atoms with van der Waals surface area (Å²) < 4.78 is 0. The van der Waals surface area contributed by atoms with Crippen LogP contribution in [0.15, 0.2) is 0 Å². The molecule has 0 aliphatic carbocycles. The highest BCUT2D eigenvalue weighted by Gasteiger charge is 2.42. The van der Waals surface area contributed by atoms with Crippen LogP contribution < -0.4 is 0 Å². The molecule has 2 unspecified atom stereocenters. The Bertz CT molecular complexity index is 190. The Labute approximate surface area is 67.6 Å². The molecule has 2 saturated heterocycles. The third-order valence-corrected chi connectivity index (χ3v) is 3.42. The Morgan fingerprint density at radius 2 is 2.18 bits per heavy atom. The molecule has 2 heteroatoms. The minimum atomic E-state index is 0.291. The van der Waals surface area contributed by atoms with Crippen LogP contribution in [0, 0.1) is 5.92 Å². The summed E-state index contributed by atoms with van der Waals surface area (Å²) in [6.45, 7) is 2.07. The largest absolute Gasteiger partial charge is 0.299 e. The lowest BCUT2D eigenvalue weighted by Crippen LogP contribution is -2.45. The van der Waals surface area contributed by atoms with Gasteiger partial charge >= 0.3 is 0 Å². The maximum absolute atomic E-state index is 11.4. The van der Waals surface area contributed by atoms with Gasteiger partial charge in [-0.15, -0.1) is 0 Å². The Balaban J connectivity index is 2.22. The topological polar surface area (TPSA) is 20.3 Å². The molecule has 2 bridgehead atoms. The second-order valence-corrected chi connectivity index (χ2v) is 3.92. The molecule has 0 radical (unpaired) electrons. The average Bonchev–Trinajstić information content (AvgIpc) is 2.23. The number of ketones is 1. The van der Waals surface area contributed by atoms with Gasteiger partial charge in [0.1, 0.15) is 5.78 Å². The van der Waals surface area contributed by atoms with Crippen molar-refractivity contribution in [3.05, 3.63) is 0 Å². The van der Waals surface area contributed by atoms with Crippen molar-refractivity contribution in [2.24, 2.45) is 5.92 Å². The molecule has 62 valence electrons. The van der Waals surface area contributed by atoms with E-state index in [1.54, 1.807) is 0 Å². The number of hydrogen-bond acceptors (Lipinski definition) is 2. The summed E-state index contributed by atoms with van der Waals surface area (Å²) in [6, 6.07) is 1.13. The molecule has 2 nitrogen and oxygen atoms in total. The number of nitrogens with zero attached hydrogens (tertiary/aromatic N) is 1. The quantitative estimate of drug-likeness (QED) is 0.518. The standard InChI is InChI=1S/C9H15NO/c1-6-8-4-3-7(10(8)2)5-9(6)11/h6-8H,3-5H2,1-2H3/t6?,7-,8?/m1/s1. The molecular formula is C9H15NO. The van der Waals surface area contributed by atoms with Crippen molar-refractivity contribution < 1.29 is 4.79 Å². The normalized spacial score (nSPS) is 44.9. The van der Waals surface area contributed by atoms with Gasteiger partial charge in [0.25, 0.3) is 0 Å². The molecule has 2 rings (SSSR count). The first-order valence-corrected chi connectivity index (χ1v) is 4.45. The van der Waals surface area contributed by atoms with E-state index in [0.29, 0.717) is 23.8 Å². The Kier molecular flexibility index (Phi) is 1.53. The monoisotopic (exact) mass is 153 g/mol. The zero-order valence-corrected chi connectivity index (χ0v) is 7.21. The van der Waals surface area contributed by atoms with Crippen molar-refractivity contribution in [3.63, 3.8) is 0 Å². The van der Waals surface area contributed by atoms with Crippen LogP contribution >= 0.6 is 0 Å². The lowest BCUT2D eigenvalue weighted by atomic mass is 9.91. The molecule has 2 aliphatic rings. The first kappa shape index (κ1) is 7.29. The van der Waals surface area contributed by atoms with E-state index in [1.807, 2.05) is 0 Å². The number of carbonyl (C=O) groups is 1. The Morgan fingerprint density at radius 3 is 2.91 bits per heavy atom. The summed E-state index contributed by atoms with van der Waals surface area (Å²) in [5.74, 6) is 0.773. The van der Waals surface area contributed by atoms with Crippen LogP contribution in [0.1, 0.15) is 26.2 Å². The third-order valence-electron chi connectivity index (χ3n) is 3.42. The van der Waals surface area contributed by atoms with Gasteiger partial charge in [-0.05, 0) is 19.9 Å². The molecule has 0 spiro atoms. The third kappa shape index (κ3) is 0.924. The van der Waals surface area contributed by atoms with Crippen LogP contribution in [0.5, 0.6) is 0 Å². The summed E-state index contributed by atoms with van der Waals surface area (Å²) in [5.41, 5.74) is 0. The highest BCUT2D eigenvalue weighted by atomic mass is 16.1. The Morgan fingerprint density at radius 1 is 1.45 bits per heavy atom. The van der Waals surface area contributed by atoms with E-state index in [9.17, 15) is 4.79 Å². The van der Waals surface area contributed by atoms with Crippen molar-refractivity contribution in [1.29, 1.82) is 0 Å². The van der Waals surface area contributed by atoms with Crippen molar-refractivity contribution in [2.75, 3.05) is 7.05 Å². The van der Waals surface area contributed by atoms with E-state index in [2.05, 4.69) is 18.9 Å². The van der Waals surface area contributed by atoms with Crippen LogP contribution in [0.4, 0.5) is 0 Å². The van der Waals surface area contributed by atoms with Gasteiger partial charge in [-0.1, -0.05) is 6.92 Å². The Hall–Kier alpha value is -0.370. The van der Waals surface area contributed by atoms with Gasteiger partial charge in [0.15, 0.2) is 0 Å². The van der Waals surface area contributed by atoms with Crippen molar-refractivity contribution in [2.45, 2.75) is 38.3 Å². The van der Waals surface area contributed by atoms with E-state index in [4.69, 9.17) is 0 Å². The van der Waals surface area contributed by atoms with Gasteiger partial charge in [0.05, 0.1) is 0 Å². The van der Waals surface area contributed by atoms with Gasteiger partial charge in [0, 0.05) is 24.4 Å². The van der Waals surface area contributed by atoms with E-state index >= 15 is 0 Å². The lowest BCUT2D eigenvalue weighted by molar-refractivity contribution is -0.127.